The highest BCUT2D eigenvalue weighted by atomic mass is 35.5. The second kappa shape index (κ2) is 16.3. The Balaban J connectivity index is 0.000000815. The van der Waals surface area contributed by atoms with Gasteiger partial charge in [-0.25, -0.2) is 13.4 Å². The van der Waals surface area contributed by atoms with Crippen molar-refractivity contribution >= 4 is 61.9 Å². The summed E-state index contributed by atoms with van der Waals surface area (Å²) in [4.78, 5) is 43.4. The molecule has 2 fully saturated rings. The number of carboxylic acids is 1. The second-order valence-corrected chi connectivity index (χ2v) is 16.6. The third kappa shape index (κ3) is 10.3. The molecule has 1 aromatic heterocycles. The number of ether oxygens (including phenoxy) is 1. The van der Waals surface area contributed by atoms with Gasteiger partial charge in [-0.2, -0.15) is 17.9 Å². The lowest BCUT2D eigenvalue weighted by Gasteiger charge is -2.40. The summed E-state index contributed by atoms with van der Waals surface area (Å²) in [6.45, 7) is 5.70. The number of likely N-dealkylation sites (N-methyl/N-ethyl adjacent to an activating group) is 1. The van der Waals surface area contributed by atoms with E-state index in [-0.39, 0.29) is 33.4 Å². The molecule has 53 heavy (non-hydrogen) atoms. The molecule has 12 nitrogen and oxygen atoms in total. The maximum Gasteiger partial charge on any atom is 0.430 e. The third-order valence-corrected chi connectivity index (χ3v) is 11.4. The molecule has 0 radical (unpaired) electrons. The predicted molar refractivity (Wildman–Crippen MR) is 191 cm³/mol. The van der Waals surface area contributed by atoms with E-state index in [1.807, 2.05) is 53.2 Å². The number of nitrogens with zero attached hydrogens (tertiary/aromatic N) is 4. The number of nitrogens with one attached hydrogen (secondary N) is 1. The number of hydrogen-bond acceptors (Lipinski definition) is 8. The maximum absolute atomic E-state index is 14.0. The number of carboxylic acid groups (broad SMARTS) is 1. The maximum atomic E-state index is 14.0. The quantitative estimate of drug-likeness (QED) is 0.320. The van der Waals surface area contributed by atoms with Gasteiger partial charge in [0.15, 0.2) is 6.54 Å². The van der Waals surface area contributed by atoms with Crippen molar-refractivity contribution < 1.29 is 50.3 Å². The van der Waals surface area contributed by atoms with Crippen LogP contribution >= 0.6 is 23.2 Å². The largest absolute Gasteiger partial charge is 0.542 e. The van der Waals surface area contributed by atoms with Gasteiger partial charge in [0.25, 0.3) is 5.91 Å². The number of carbonyl (C=O) groups excluding carboxylic acids is 3. The Bertz CT molecular complexity index is 1980. The number of amides is 2. The second-order valence-electron chi connectivity index (χ2n) is 14.2. The molecule has 1 saturated heterocycles. The summed E-state index contributed by atoms with van der Waals surface area (Å²) < 4.78 is 68.9. The van der Waals surface area contributed by atoms with Crippen molar-refractivity contribution in [3.63, 3.8) is 0 Å². The van der Waals surface area contributed by atoms with Crippen LogP contribution in [-0.2, 0) is 31.0 Å². The molecule has 1 aliphatic carbocycles. The lowest BCUT2D eigenvalue weighted by molar-refractivity contribution is -0.862. The number of aryl methyl sites for hydroxylation is 2. The number of aliphatic carboxylic acids is 1. The molecular formula is C35H42Cl2F3N5O7S. The average Bonchev–Trinajstić information content (AvgIpc) is 3.52. The van der Waals surface area contributed by atoms with Crippen LogP contribution in [-0.4, -0.2) is 111 Å². The molecule has 1 N–H and O–H groups in total. The van der Waals surface area contributed by atoms with E-state index in [0.29, 0.717) is 79.7 Å². The minimum absolute atomic E-state index is 0.0370. The van der Waals surface area contributed by atoms with E-state index < -0.39 is 27.7 Å². The monoisotopic (exact) mass is 803 g/mol. The molecule has 1 saturated carbocycles. The molecule has 2 aliphatic rings. The van der Waals surface area contributed by atoms with E-state index in [0.717, 1.165) is 16.6 Å². The van der Waals surface area contributed by atoms with Gasteiger partial charge in [0.2, 0.25) is 15.9 Å². The van der Waals surface area contributed by atoms with Crippen LogP contribution in [0, 0.1) is 13.8 Å². The molecule has 5 rings (SSSR count). The number of sulfonamides is 1. The summed E-state index contributed by atoms with van der Waals surface area (Å²) in [7, 11) is 1.63. The van der Waals surface area contributed by atoms with Crippen LogP contribution in [0.15, 0.2) is 41.3 Å². The van der Waals surface area contributed by atoms with Crippen molar-refractivity contribution in [1.29, 1.82) is 0 Å². The summed E-state index contributed by atoms with van der Waals surface area (Å²) in [5.74, 6) is -2.71. The van der Waals surface area contributed by atoms with Crippen molar-refractivity contribution in [3.05, 3.63) is 63.3 Å². The number of hydrogen-bond donors (Lipinski definition) is 1. The van der Waals surface area contributed by atoms with Crippen LogP contribution in [0.4, 0.5) is 13.2 Å². The number of carbonyl (C=O) groups is 3. The highest BCUT2D eigenvalue weighted by Gasteiger charge is 2.47. The van der Waals surface area contributed by atoms with Gasteiger partial charge < -0.3 is 28.9 Å². The third-order valence-electron chi connectivity index (χ3n) is 8.91. The minimum atomic E-state index is -5.19. The van der Waals surface area contributed by atoms with E-state index in [9.17, 15) is 31.2 Å². The number of piperazine rings is 1. The Labute approximate surface area is 316 Å². The summed E-state index contributed by atoms with van der Waals surface area (Å²) in [5, 5.41) is 9.93. The standard InChI is InChI=1S/C33H42Cl2N5O5S.C2HF3O2/c1-22-19-23(2)36-31-24(22)9-8-10-27(31)45-21-25-26(34)11-12-28(30(25)35)46(43,44)37-33(13-6-7-14-33)32(42)39-17-15-38(16-18-39)29(41)20-40(3,4)5;3-2(4,5)1(6)7/h8-12,19,37H,6-7,13-18,20-21H2,1-5H3;(H,6,7)/q+1;/p-1. The Hall–Kier alpha value is -3.70. The predicted octanol–water partition coefficient (Wildman–Crippen LogP) is 4.00. The molecule has 2 aromatic carbocycles. The van der Waals surface area contributed by atoms with Crippen LogP contribution in [0.3, 0.4) is 0 Å². The van der Waals surface area contributed by atoms with Crippen molar-refractivity contribution in [2.45, 2.75) is 62.7 Å². The average molecular weight is 805 g/mol. The first-order valence-electron chi connectivity index (χ1n) is 16.7. The molecule has 0 atom stereocenters. The Morgan fingerprint density at radius 3 is 2.15 bits per heavy atom. The number of halogens is 5. The summed E-state index contributed by atoms with van der Waals surface area (Å²) in [6.07, 6.45) is -3.02. The molecule has 0 bridgehead atoms. The number of benzene rings is 2. The van der Waals surface area contributed by atoms with Crippen LogP contribution in [0.2, 0.25) is 10.0 Å². The van der Waals surface area contributed by atoms with Gasteiger partial charge >= 0.3 is 6.18 Å². The van der Waals surface area contributed by atoms with E-state index in [4.69, 9.17) is 37.8 Å². The minimum Gasteiger partial charge on any atom is -0.542 e. The fourth-order valence-electron chi connectivity index (χ4n) is 6.36. The molecule has 18 heteroatoms. The zero-order valence-electron chi connectivity index (χ0n) is 30.0. The first-order chi connectivity index (χ1) is 24.5. The fourth-order valence-corrected chi connectivity index (χ4v) is 8.66. The Morgan fingerprint density at radius 1 is 1.00 bits per heavy atom. The van der Waals surface area contributed by atoms with Crippen LogP contribution in [0.1, 0.15) is 42.5 Å². The van der Waals surface area contributed by atoms with Gasteiger partial charge in [-0.05, 0) is 56.5 Å². The van der Waals surface area contributed by atoms with E-state index in [2.05, 4.69) is 9.71 Å². The SMILES string of the molecule is Cc1cc(C)c2cccc(OCc3c(Cl)ccc(S(=O)(=O)NC4(C(=O)N5CCN(C(=O)C[N+](C)(C)C)CC5)CCCC4)c3Cl)c2n1.O=C([O-])C(F)(F)F. The van der Waals surface area contributed by atoms with Gasteiger partial charge in [0.05, 0.1) is 26.2 Å². The number of pyridine rings is 1. The first kappa shape index (κ1) is 42.0. The van der Waals surface area contributed by atoms with Crippen LogP contribution in [0.5, 0.6) is 5.75 Å². The van der Waals surface area contributed by atoms with Crippen molar-refractivity contribution in [2.24, 2.45) is 0 Å². The Morgan fingerprint density at radius 2 is 1.58 bits per heavy atom. The lowest BCUT2D eigenvalue weighted by atomic mass is 9.96. The van der Waals surface area contributed by atoms with Gasteiger partial charge in [0.1, 0.15) is 34.3 Å². The molecule has 0 unspecified atom stereocenters. The van der Waals surface area contributed by atoms with Gasteiger partial charge in [-0.15, -0.1) is 0 Å². The number of alkyl halides is 3. The molecule has 1 aliphatic heterocycles. The highest BCUT2D eigenvalue weighted by molar-refractivity contribution is 7.89. The summed E-state index contributed by atoms with van der Waals surface area (Å²) in [5.41, 5.74) is 1.62. The lowest BCUT2D eigenvalue weighted by Crippen LogP contribution is -2.62. The van der Waals surface area contributed by atoms with E-state index in [1.165, 1.54) is 12.1 Å². The molecule has 2 amide bonds. The number of para-hydroxylation sites is 1. The zero-order valence-corrected chi connectivity index (χ0v) is 32.3. The van der Waals surface area contributed by atoms with Crippen LogP contribution < -0.4 is 14.6 Å². The Kier molecular flexibility index (Phi) is 13.0. The number of rotatable bonds is 9. The molecule has 290 valence electrons. The topological polar surface area (TPSA) is 149 Å². The molecular weight excluding hydrogens is 762 g/mol. The zero-order chi connectivity index (χ0) is 39.5. The first-order valence-corrected chi connectivity index (χ1v) is 18.9. The molecule has 0 spiro atoms. The summed E-state index contributed by atoms with van der Waals surface area (Å²) >= 11 is 13.3. The van der Waals surface area contributed by atoms with Crippen molar-refractivity contribution in [3.8, 4) is 5.75 Å². The fraction of sp³-hybridized carbons (Fsp3) is 0.486. The normalized spacial score (nSPS) is 16.3. The van der Waals surface area contributed by atoms with Crippen molar-refractivity contribution in [2.75, 3.05) is 53.9 Å². The highest BCUT2D eigenvalue weighted by Crippen LogP contribution is 2.37. The van der Waals surface area contributed by atoms with Crippen LogP contribution in [0.25, 0.3) is 10.9 Å². The van der Waals surface area contributed by atoms with E-state index >= 15 is 0 Å². The number of aromatic nitrogens is 1. The van der Waals surface area contributed by atoms with Crippen molar-refractivity contribution in [1.82, 2.24) is 19.5 Å². The number of quaternary nitrogens is 1. The van der Waals surface area contributed by atoms with E-state index in [1.54, 1.807) is 15.9 Å². The molecule has 3 aromatic rings. The van der Waals surface area contributed by atoms with Gasteiger partial charge in [-0.3, -0.25) is 9.59 Å². The smallest absolute Gasteiger partial charge is 0.430 e. The number of fused-ring (bicyclic) bond motifs is 1. The summed E-state index contributed by atoms with van der Waals surface area (Å²) in [6, 6.07) is 10.5. The van der Waals surface area contributed by atoms with Gasteiger partial charge in [-0.1, -0.05) is 48.2 Å². The van der Waals surface area contributed by atoms with Gasteiger partial charge in [0, 0.05) is 47.8 Å². The molecule has 2 heterocycles.